The van der Waals surface area contributed by atoms with E-state index < -0.39 is 0 Å². The van der Waals surface area contributed by atoms with E-state index in [1.165, 1.54) is 10.4 Å². The molecule has 0 unspecified atom stereocenters. The summed E-state index contributed by atoms with van der Waals surface area (Å²) in [7, 11) is 0. The highest BCUT2D eigenvalue weighted by Crippen LogP contribution is 2.40. The normalized spacial score (nSPS) is 12.8. The fourth-order valence-electron chi connectivity index (χ4n) is 3.15. The SMILES string of the molecule is Brc1ccc2c(c1)N=c1ccc3c(c1-2)N=c1ccc(Br)cc1=3. The van der Waals surface area contributed by atoms with Gasteiger partial charge in [-0.15, -0.1) is 0 Å². The molecular weight excluding hydrogens is 404 g/mol. The summed E-state index contributed by atoms with van der Waals surface area (Å²) in [6.07, 6.45) is 0. The maximum absolute atomic E-state index is 4.86. The van der Waals surface area contributed by atoms with Crippen LogP contribution in [-0.4, -0.2) is 0 Å². The largest absolute Gasteiger partial charge is 0.248 e. The third-order valence-corrected chi connectivity index (χ3v) is 5.09. The maximum atomic E-state index is 4.86. The van der Waals surface area contributed by atoms with E-state index in [1.54, 1.807) is 0 Å². The molecule has 4 heteroatoms. The van der Waals surface area contributed by atoms with Gasteiger partial charge in [-0.3, -0.25) is 0 Å². The predicted molar refractivity (Wildman–Crippen MR) is 93.0 cm³/mol. The first kappa shape index (κ1) is 12.7. The second-order valence-corrected chi connectivity index (χ2v) is 7.23. The Bertz CT molecular complexity index is 1200. The van der Waals surface area contributed by atoms with Crippen LogP contribution in [0.2, 0.25) is 0 Å². The van der Waals surface area contributed by atoms with Gasteiger partial charge in [0.15, 0.2) is 0 Å². The molecule has 2 aliphatic rings. The average molecular weight is 412 g/mol. The second kappa shape index (κ2) is 4.37. The lowest BCUT2D eigenvalue weighted by Crippen LogP contribution is -2.00. The minimum atomic E-state index is 1.00. The Kier molecular flexibility index (Phi) is 2.53. The summed E-state index contributed by atoms with van der Waals surface area (Å²) in [6, 6.07) is 16.7. The van der Waals surface area contributed by atoms with Crippen LogP contribution in [0.15, 0.2) is 67.5 Å². The molecule has 3 aromatic rings. The van der Waals surface area contributed by atoms with Gasteiger partial charge in [0.25, 0.3) is 0 Å². The molecule has 0 radical (unpaired) electrons. The molecule has 0 bridgehead atoms. The molecule has 0 amide bonds. The van der Waals surface area contributed by atoms with Gasteiger partial charge in [0.2, 0.25) is 0 Å². The van der Waals surface area contributed by atoms with Crippen molar-refractivity contribution < 1.29 is 0 Å². The lowest BCUT2D eigenvalue weighted by atomic mass is 10.0. The third-order valence-electron chi connectivity index (χ3n) is 4.11. The van der Waals surface area contributed by atoms with Crippen LogP contribution in [0.4, 0.5) is 11.4 Å². The Morgan fingerprint density at radius 3 is 2.36 bits per heavy atom. The molecular formula is C18H8Br2N2. The van der Waals surface area contributed by atoms with Crippen molar-refractivity contribution in [2.24, 2.45) is 9.98 Å². The standard InChI is InChI=1S/C18H8Br2N2/c19-9-2-5-14-13(7-9)11-4-6-15-17(18(11)22-14)12-3-1-10(20)8-16(12)21-15/h1-8H. The molecule has 2 aliphatic heterocycles. The van der Waals surface area contributed by atoms with Gasteiger partial charge in [-0.25, -0.2) is 9.98 Å². The lowest BCUT2D eigenvalue weighted by molar-refractivity contribution is 1.36. The van der Waals surface area contributed by atoms with Crippen molar-refractivity contribution in [3.63, 3.8) is 0 Å². The summed E-state index contributed by atoms with van der Waals surface area (Å²) in [5.74, 6) is 0. The molecule has 2 nitrogen and oxygen atoms in total. The van der Waals surface area contributed by atoms with E-state index in [-0.39, 0.29) is 0 Å². The van der Waals surface area contributed by atoms with Crippen LogP contribution < -0.4 is 10.7 Å². The number of fused-ring (bicyclic) bond motifs is 6. The Hall–Kier alpha value is -1.78. The number of rotatable bonds is 0. The number of hydrogen-bond acceptors (Lipinski definition) is 2. The van der Waals surface area contributed by atoms with Crippen molar-refractivity contribution in [3.05, 3.63) is 78.6 Å². The minimum absolute atomic E-state index is 1.00. The van der Waals surface area contributed by atoms with Crippen molar-refractivity contribution in [2.45, 2.75) is 0 Å². The lowest BCUT2D eigenvalue weighted by Gasteiger charge is -2.02. The molecule has 3 aromatic carbocycles. The van der Waals surface area contributed by atoms with E-state index in [1.807, 2.05) is 6.07 Å². The van der Waals surface area contributed by atoms with Gasteiger partial charge in [0.1, 0.15) is 0 Å². The van der Waals surface area contributed by atoms with Gasteiger partial charge in [0.05, 0.1) is 22.1 Å². The van der Waals surface area contributed by atoms with Gasteiger partial charge in [0, 0.05) is 30.5 Å². The number of halogens is 2. The Balaban J connectivity index is 1.97. The molecule has 0 aliphatic carbocycles. The molecule has 5 rings (SSSR count). The molecule has 104 valence electrons. The highest BCUT2D eigenvalue weighted by atomic mass is 79.9. The fourth-order valence-corrected chi connectivity index (χ4v) is 3.86. The fraction of sp³-hybridized carbons (Fsp3) is 0. The molecule has 2 heterocycles. The van der Waals surface area contributed by atoms with Crippen molar-refractivity contribution >= 4 is 43.2 Å². The van der Waals surface area contributed by atoms with E-state index in [0.29, 0.717) is 0 Å². The van der Waals surface area contributed by atoms with Gasteiger partial charge in [-0.05, 0) is 42.5 Å². The number of hydrogen-bond donors (Lipinski definition) is 0. The molecule has 0 saturated carbocycles. The highest BCUT2D eigenvalue weighted by molar-refractivity contribution is 9.10. The summed E-state index contributed by atoms with van der Waals surface area (Å²) >= 11 is 7.06. The second-order valence-electron chi connectivity index (χ2n) is 5.40. The Morgan fingerprint density at radius 2 is 1.45 bits per heavy atom. The zero-order valence-corrected chi connectivity index (χ0v) is 14.4. The zero-order valence-electron chi connectivity index (χ0n) is 11.3. The van der Waals surface area contributed by atoms with Crippen LogP contribution in [0.25, 0.3) is 11.1 Å². The summed E-state index contributed by atoms with van der Waals surface area (Å²) in [5, 5.41) is 4.39. The number of nitrogens with zero attached hydrogens (tertiary/aromatic N) is 2. The highest BCUT2D eigenvalue weighted by Gasteiger charge is 2.20. The predicted octanol–water partition coefficient (Wildman–Crippen LogP) is 4.69. The smallest absolute Gasteiger partial charge is 0.0817 e. The summed E-state index contributed by atoms with van der Waals surface area (Å²) < 4.78 is 2.12. The van der Waals surface area contributed by atoms with Gasteiger partial charge in [-0.2, -0.15) is 0 Å². The first-order valence-electron chi connectivity index (χ1n) is 6.91. The van der Waals surface area contributed by atoms with E-state index in [2.05, 4.69) is 74.3 Å². The van der Waals surface area contributed by atoms with Crippen LogP contribution in [0.3, 0.4) is 0 Å². The van der Waals surface area contributed by atoms with Crippen LogP contribution in [-0.2, 0) is 0 Å². The molecule has 0 spiro atoms. The van der Waals surface area contributed by atoms with E-state index in [4.69, 9.17) is 9.98 Å². The Labute approximate surface area is 142 Å². The molecule has 0 N–H and O–H groups in total. The summed E-state index contributed by atoms with van der Waals surface area (Å²) in [4.78, 5) is 9.59. The molecule has 0 atom stereocenters. The summed E-state index contributed by atoms with van der Waals surface area (Å²) in [5.41, 5.74) is 4.35. The summed E-state index contributed by atoms with van der Waals surface area (Å²) in [6.45, 7) is 0. The topological polar surface area (TPSA) is 24.7 Å². The van der Waals surface area contributed by atoms with E-state index in [9.17, 15) is 0 Å². The zero-order chi connectivity index (χ0) is 14.8. The quantitative estimate of drug-likeness (QED) is 0.353. The average Bonchev–Trinajstić information content (AvgIpc) is 3.03. The monoisotopic (exact) mass is 410 g/mol. The minimum Gasteiger partial charge on any atom is -0.248 e. The van der Waals surface area contributed by atoms with Gasteiger partial charge < -0.3 is 0 Å². The number of benzene rings is 3. The van der Waals surface area contributed by atoms with Crippen molar-refractivity contribution in [2.75, 3.05) is 0 Å². The van der Waals surface area contributed by atoms with Crippen LogP contribution in [0.5, 0.6) is 0 Å². The molecule has 0 saturated heterocycles. The first-order valence-corrected chi connectivity index (χ1v) is 8.50. The molecule has 0 fully saturated rings. The van der Waals surface area contributed by atoms with Crippen LogP contribution in [0, 0.1) is 10.4 Å². The molecule has 0 aromatic heterocycles. The van der Waals surface area contributed by atoms with E-state index >= 15 is 0 Å². The Morgan fingerprint density at radius 1 is 0.682 bits per heavy atom. The van der Waals surface area contributed by atoms with Crippen molar-refractivity contribution in [1.29, 1.82) is 0 Å². The van der Waals surface area contributed by atoms with Crippen LogP contribution in [0.1, 0.15) is 0 Å². The maximum Gasteiger partial charge on any atom is 0.0817 e. The van der Waals surface area contributed by atoms with Gasteiger partial charge in [-0.1, -0.05) is 37.9 Å². The molecule has 22 heavy (non-hydrogen) atoms. The van der Waals surface area contributed by atoms with E-state index in [0.717, 1.165) is 42.2 Å². The third kappa shape index (κ3) is 1.65. The van der Waals surface area contributed by atoms with Crippen molar-refractivity contribution in [1.82, 2.24) is 0 Å². The van der Waals surface area contributed by atoms with Crippen LogP contribution >= 0.6 is 31.9 Å². The first-order chi connectivity index (χ1) is 10.7. The van der Waals surface area contributed by atoms with Gasteiger partial charge >= 0.3 is 0 Å². The van der Waals surface area contributed by atoms with Crippen molar-refractivity contribution in [3.8, 4) is 11.1 Å².